The molecule has 0 spiro atoms. The number of nitrogens with one attached hydrogen (secondary N) is 1. The second kappa shape index (κ2) is 11.7. The van der Waals surface area contributed by atoms with E-state index >= 15 is 0 Å². The van der Waals surface area contributed by atoms with Crippen molar-refractivity contribution in [2.45, 2.75) is 94.4 Å². The highest BCUT2D eigenvalue weighted by atomic mass is 32.2. The number of rotatable bonds is 8. The van der Waals surface area contributed by atoms with Gasteiger partial charge in [-0.2, -0.15) is 0 Å². The Labute approximate surface area is 213 Å². The number of fused-ring (bicyclic) bond motifs is 1. The number of carbonyl (C=O) groups is 1. The van der Waals surface area contributed by atoms with Crippen molar-refractivity contribution in [3.63, 3.8) is 0 Å². The second-order valence-electron chi connectivity index (χ2n) is 10.3. The Hall–Kier alpha value is -2.22. The fraction of sp³-hybridized carbons (Fsp3) is 0.667. The van der Waals surface area contributed by atoms with Crippen LogP contribution in [-0.2, 0) is 11.3 Å². The molecular formula is C27H39N5O2S. The van der Waals surface area contributed by atoms with Gasteiger partial charge in [0.15, 0.2) is 11.0 Å². The van der Waals surface area contributed by atoms with E-state index in [1.54, 1.807) is 18.9 Å². The molecule has 3 aliphatic rings. The quantitative estimate of drug-likeness (QED) is 0.473. The number of hydrogen-bond donors (Lipinski definition) is 1. The van der Waals surface area contributed by atoms with Crippen LogP contribution in [0.4, 0.5) is 5.69 Å². The zero-order valence-corrected chi connectivity index (χ0v) is 21.8. The van der Waals surface area contributed by atoms with Gasteiger partial charge in [0.2, 0.25) is 5.91 Å². The van der Waals surface area contributed by atoms with Crippen molar-refractivity contribution in [1.82, 2.24) is 19.7 Å². The third-order valence-electron chi connectivity index (χ3n) is 8.08. The summed E-state index contributed by atoms with van der Waals surface area (Å²) in [5.74, 6) is 3.22. The first-order valence-corrected chi connectivity index (χ1v) is 14.5. The van der Waals surface area contributed by atoms with Crippen molar-refractivity contribution in [3.8, 4) is 5.75 Å². The molecule has 2 aliphatic carbocycles. The lowest BCUT2D eigenvalue weighted by molar-refractivity contribution is -0.134. The predicted octanol–water partition coefficient (Wildman–Crippen LogP) is 5.68. The molecule has 7 nitrogen and oxygen atoms in total. The number of amides is 1. The van der Waals surface area contributed by atoms with E-state index in [-0.39, 0.29) is 5.91 Å². The van der Waals surface area contributed by atoms with Crippen LogP contribution in [-0.4, -0.2) is 51.0 Å². The van der Waals surface area contributed by atoms with E-state index in [1.807, 2.05) is 24.3 Å². The van der Waals surface area contributed by atoms with E-state index in [0.717, 1.165) is 48.2 Å². The van der Waals surface area contributed by atoms with Gasteiger partial charge in [-0.05, 0) is 56.6 Å². The van der Waals surface area contributed by atoms with Crippen molar-refractivity contribution in [1.29, 1.82) is 0 Å². The van der Waals surface area contributed by atoms with Crippen LogP contribution in [0, 0.1) is 5.92 Å². The summed E-state index contributed by atoms with van der Waals surface area (Å²) < 4.78 is 7.68. The van der Waals surface area contributed by atoms with Gasteiger partial charge in [0.25, 0.3) is 0 Å². The molecule has 8 heteroatoms. The number of methoxy groups -OCH3 is 1. The molecule has 35 heavy (non-hydrogen) atoms. The van der Waals surface area contributed by atoms with Gasteiger partial charge >= 0.3 is 0 Å². The lowest BCUT2D eigenvalue weighted by atomic mass is 9.78. The van der Waals surface area contributed by atoms with Crippen molar-refractivity contribution >= 4 is 23.4 Å². The minimum absolute atomic E-state index is 0.279. The highest BCUT2D eigenvalue weighted by molar-refractivity contribution is 7.99. The molecule has 1 amide bonds. The average Bonchev–Trinajstić information content (AvgIpc) is 3.33. The van der Waals surface area contributed by atoms with Gasteiger partial charge in [-0.3, -0.25) is 4.79 Å². The van der Waals surface area contributed by atoms with E-state index in [1.165, 1.54) is 51.4 Å². The van der Waals surface area contributed by atoms with Crippen LogP contribution in [0.5, 0.6) is 5.75 Å². The van der Waals surface area contributed by atoms with Gasteiger partial charge in [-0.25, -0.2) is 0 Å². The third-order valence-corrected chi connectivity index (χ3v) is 9.01. The summed E-state index contributed by atoms with van der Waals surface area (Å²) in [5.41, 5.74) is 0.999. The molecule has 1 saturated heterocycles. The molecule has 190 valence electrons. The number of benzene rings is 1. The van der Waals surface area contributed by atoms with E-state index < -0.39 is 0 Å². The van der Waals surface area contributed by atoms with Crippen molar-refractivity contribution in [2.24, 2.45) is 5.92 Å². The maximum absolute atomic E-state index is 13.3. The summed E-state index contributed by atoms with van der Waals surface area (Å²) >= 11 is 1.58. The van der Waals surface area contributed by atoms with Gasteiger partial charge in [0.1, 0.15) is 5.75 Å². The van der Waals surface area contributed by atoms with E-state index in [9.17, 15) is 4.79 Å². The summed E-state index contributed by atoms with van der Waals surface area (Å²) in [7, 11) is 1.68. The molecule has 2 aromatic rings. The Kier molecular flexibility index (Phi) is 8.16. The summed E-state index contributed by atoms with van der Waals surface area (Å²) in [6.07, 6.45) is 13.6. The Morgan fingerprint density at radius 3 is 2.71 bits per heavy atom. The van der Waals surface area contributed by atoms with Crippen molar-refractivity contribution in [2.75, 3.05) is 24.7 Å². The van der Waals surface area contributed by atoms with Gasteiger partial charge in [0, 0.05) is 30.4 Å². The first-order valence-electron chi connectivity index (χ1n) is 13.5. The van der Waals surface area contributed by atoms with Crippen LogP contribution >= 0.6 is 11.8 Å². The standard InChI is InChI=1S/C27H39N5O2S/c1-34-23-14-7-11-21(17-23)28-18-25-29-30-27(32(25)22-12-3-2-4-13-22)35-19-26(33)31-16-8-10-20-9-5-6-15-24(20)31/h7,11,14,17,20,22,24,28H,2-6,8-10,12-13,15-16,18-19H2,1H3/t20-,24-/m1/s1. The van der Waals surface area contributed by atoms with Crippen LogP contribution in [0.15, 0.2) is 29.4 Å². The molecule has 0 radical (unpaired) electrons. The maximum atomic E-state index is 13.3. The molecule has 1 aromatic carbocycles. The van der Waals surface area contributed by atoms with Crippen LogP contribution < -0.4 is 10.1 Å². The SMILES string of the molecule is COc1cccc(NCc2nnc(SCC(=O)N3CCC[C@H]4CCCC[C@H]43)n2C2CCCCC2)c1. The normalized spacial score (nSPS) is 23.1. The lowest BCUT2D eigenvalue weighted by Crippen LogP contribution is -2.50. The maximum Gasteiger partial charge on any atom is 0.233 e. The van der Waals surface area contributed by atoms with Gasteiger partial charge in [-0.1, -0.05) is 49.9 Å². The molecule has 2 atom stereocenters. The molecule has 5 rings (SSSR count). The fourth-order valence-corrected chi connectivity index (χ4v) is 7.20. The third kappa shape index (κ3) is 5.79. The molecule has 1 N–H and O–H groups in total. The van der Waals surface area contributed by atoms with Crippen LogP contribution in [0.25, 0.3) is 0 Å². The summed E-state index contributed by atoms with van der Waals surface area (Å²) in [6, 6.07) is 8.83. The molecule has 1 aliphatic heterocycles. The number of ether oxygens (including phenoxy) is 1. The number of carbonyl (C=O) groups excluding carboxylic acids is 1. The topological polar surface area (TPSA) is 72.3 Å². The van der Waals surface area contributed by atoms with Gasteiger partial charge in [-0.15, -0.1) is 10.2 Å². The molecule has 3 fully saturated rings. The molecular weight excluding hydrogens is 458 g/mol. The van der Waals surface area contributed by atoms with E-state index in [2.05, 4.69) is 25.0 Å². The Balaban J connectivity index is 1.28. The monoisotopic (exact) mass is 497 g/mol. The number of piperidine rings is 1. The van der Waals surface area contributed by atoms with Crippen LogP contribution in [0.2, 0.25) is 0 Å². The van der Waals surface area contributed by atoms with Crippen molar-refractivity contribution in [3.05, 3.63) is 30.1 Å². The smallest absolute Gasteiger partial charge is 0.233 e. The van der Waals surface area contributed by atoms with Gasteiger partial charge < -0.3 is 19.5 Å². The highest BCUT2D eigenvalue weighted by Gasteiger charge is 2.35. The minimum Gasteiger partial charge on any atom is -0.497 e. The zero-order valence-electron chi connectivity index (χ0n) is 21.0. The van der Waals surface area contributed by atoms with E-state index in [4.69, 9.17) is 4.74 Å². The zero-order chi connectivity index (χ0) is 24.0. The highest BCUT2D eigenvalue weighted by Crippen LogP contribution is 2.37. The van der Waals surface area contributed by atoms with Gasteiger partial charge in [0.05, 0.1) is 19.4 Å². The molecule has 2 saturated carbocycles. The number of likely N-dealkylation sites (tertiary alicyclic amines) is 1. The molecule has 2 heterocycles. The number of aromatic nitrogens is 3. The lowest BCUT2D eigenvalue weighted by Gasteiger charge is -2.44. The Morgan fingerprint density at radius 2 is 1.86 bits per heavy atom. The van der Waals surface area contributed by atoms with Crippen LogP contribution in [0.1, 0.15) is 82.5 Å². The summed E-state index contributed by atoms with van der Waals surface area (Å²) in [4.78, 5) is 15.5. The number of hydrogen-bond acceptors (Lipinski definition) is 6. The predicted molar refractivity (Wildman–Crippen MR) is 140 cm³/mol. The first-order chi connectivity index (χ1) is 17.2. The van der Waals surface area contributed by atoms with E-state index in [0.29, 0.717) is 30.3 Å². The van der Waals surface area contributed by atoms with Crippen LogP contribution in [0.3, 0.4) is 0 Å². The Bertz CT molecular complexity index is 988. The Morgan fingerprint density at radius 1 is 1.06 bits per heavy atom. The number of anilines is 1. The molecule has 0 bridgehead atoms. The average molecular weight is 498 g/mol. The summed E-state index contributed by atoms with van der Waals surface area (Å²) in [6.45, 7) is 1.52. The fourth-order valence-electron chi connectivity index (χ4n) is 6.29. The molecule has 1 aromatic heterocycles. The minimum atomic E-state index is 0.279. The largest absolute Gasteiger partial charge is 0.497 e. The number of nitrogens with zero attached hydrogens (tertiary/aromatic N) is 4. The van der Waals surface area contributed by atoms with Crippen molar-refractivity contribution < 1.29 is 9.53 Å². The second-order valence-corrected chi connectivity index (χ2v) is 11.2. The number of thioether (sulfide) groups is 1. The first kappa shape index (κ1) is 24.5. The summed E-state index contributed by atoms with van der Waals surface area (Å²) in [5, 5.41) is 13.5. The molecule has 0 unspecified atom stereocenters.